The lowest BCUT2D eigenvalue weighted by Gasteiger charge is -2.11. The zero-order valence-corrected chi connectivity index (χ0v) is 10.8. The first-order chi connectivity index (χ1) is 9.19. The first-order valence-electron chi connectivity index (χ1n) is 5.66. The van der Waals surface area contributed by atoms with Crippen LogP contribution in [0.4, 0.5) is 13.2 Å². The second-order valence-electron chi connectivity index (χ2n) is 4.50. The molecule has 1 fully saturated rings. The monoisotopic (exact) mass is 306 g/mol. The molecule has 0 heterocycles. The maximum atomic E-state index is 12.1. The Morgan fingerprint density at radius 2 is 2.05 bits per heavy atom. The van der Waals surface area contributed by atoms with E-state index in [9.17, 15) is 18.0 Å². The lowest BCUT2D eigenvalue weighted by molar-refractivity contribution is -0.274. The molecule has 1 aliphatic carbocycles. The number of hydrogen-bond acceptors (Lipinski definition) is 3. The van der Waals surface area contributed by atoms with E-state index in [1.165, 1.54) is 6.07 Å². The molecule has 1 saturated carbocycles. The van der Waals surface area contributed by atoms with Crippen molar-refractivity contribution in [3.63, 3.8) is 0 Å². The summed E-state index contributed by atoms with van der Waals surface area (Å²) in [6, 6.07) is 3.33. The van der Waals surface area contributed by atoms with Crippen LogP contribution in [-0.2, 0) is 0 Å². The van der Waals surface area contributed by atoms with E-state index < -0.39 is 18.0 Å². The summed E-state index contributed by atoms with van der Waals surface area (Å²) in [4.78, 5) is 12.0. The average Bonchev–Trinajstić information content (AvgIpc) is 3.09. The Morgan fingerprint density at radius 1 is 1.40 bits per heavy atom. The van der Waals surface area contributed by atoms with Gasteiger partial charge in [-0.15, -0.1) is 13.2 Å². The number of alkyl halides is 3. The van der Waals surface area contributed by atoms with Gasteiger partial charge in [0.1, 0.15) is 5.75 Å². The molecule has 0 unspecified atom stereocenters. The molecule has 2 rings (SSSR count). The summed E-state index contributed by atoms with van der Waals surface area (Å²) in [6.45, 7) is 3.35. The van der Waals surface area contributed by atoms with E-state index in [1.54, 1.807) is 0 Å². The molecule has 20 heavy (non-hydrogen) atoms. The van der Waals surface area contributed by atoms with Crippen molar-refractivity contribution in [1.29, 1.82) is 0 Å². The molecule has 0 radical (unpaired) electrons. The standard InChI is InChI=1S/C13H10ClF3O3/c1-6(18)8-5-9(8)12(19)7-2-3-11(10(14)4-7)20-13(15,16)17/h2-4,8-9,18H,1,5H2/t8-,9+/m1/s1. The van der Waals surface area contributed by atoms with Crippen molar-refractivity contribution in [2.75, 3.05) is 0 Å². The molecule has 7 heteroatoms. The Bertz CT molecular complexity index is 568. The number of carbonyl (C=O) groups excluding carboxylic acids is 1. The highest BCUT2D eigenvalue weighted by Gasteiger charge is 2.45. The Labute approximate surface area is 117 Å². The number of halogens is 4. The number of hydrogen-bond donors (Lipinski definition) is 1. The fourth-order valence-electron chi connectivity index (χ4n) is 1.93. The Morgan fingerprint density at radius 3 is 2.50 bits per heavy atom. The summed E-state index contributed by atoms with van der Waals surface area (Å²) < 4.78 is 39.9. The molecule has 0 bridgehead atoms. The molecule has 0 aromatic heterocycles. The molecule has 0 saturated heterocycles. The largest absolute Gasteiger partial charge is 0.573 e. The van der Waals surface area contributed by atoms with E-state index in [-0.39, 0.29) is 28.0 Å². The summed E-state index contributed by atoms with van der Waals surface area (Å²) in [7, 11) is 0. The molecule has 0 aliphatic heterocycles. The zero-order chi connectivity index (χ0) is 15.1. The number of Topliss-reactive ketones (excluding diaryl/α,β-unsaturated/α-hetero) is 1. The second-order valence-corrected chi connectivity index (χ2v) is 4.90. The Kier molecular flexibility index (Phi) is 3.69. The molecular weight excluding hydrogens is 297 g/mol. The molecule has 3 nitrogen and oxygen atoms in total. The molecule has 0 amide bonds. The van der Waals surface area contributed by atoms with Crippen LogP contribution in [0.1, 0.15) is 16.8 Å². The number of ether oxygens (including phenoxy) is 1. The SMILES string of the molecule is C=C(O)[C@H]1C[C@@H]1C(=O)c1ccc(OC(F)(F)F)c(Cl)c1. The Balaban J connectivity index is 2.14. The van der Waals surface area contributed by atoms with E-state index in [1.807, 2.05) is 0 Å². The number of benzene rings is 1. The third-order valence-corrected chi connectivity index (χ3v) is 3.29. The number of carbonyl (C=O) groups is 1. The van der Waals surface area contributed by atoms with Crippen molar-refractivity contribution in [2.45, 2.75) is 12.8 Å². The fraction of sp³-hybridized carbons (Fsp3) is 0.308. The van der Waals surface area contributed by atoms with E-state index in [4.69, 9.17) is 16.7 Å². The van der Waals surface area contributed by atoms with Gasteiger partial charge in [0.25, 0.3) is 0 Å². The van der Waals surface area contributed by atoms with E-state index >= 15 is 0 Å². The number of allylic oxidation sites excluding steroid dienone is 1. The van der Waals surface area contributed by atoms with Crippen LogP contribution < -0.4 is 4.74 Å². The van der Waals surface area contributed by atoms with Crippen LogP contribution in [0.2, 0.25) is 5.02 Å². The minimum atomic E-state index is -4.84. The molecule has 0 spiro atoms. The summed E-state index contributed by atoms with van der Waals surface area (Å²) in [5, 5.41) is 8.87. The summed E-state index contributed by atoms with van der Waals surface area (Å²) in [6.07, 6.45) is -4.36. The van der Waals surface area contributed by atoms with Gasteiger partial charge in [-0.3, -0.25) is 4.79 Å². The highest BCUT2D eigenvalue weighted by Crippen LogP contribution is 2.45. The van der Waals surface area contributed by atoms with Gasteiger partial charge in [-0.05, 0) is 24.6 Å². The summed E-state index contributed by atoms with van der Waals surface area (Å²) in [5.41, 5.74) is 0.179. The molecule has 1 N–H and O–H groups in total. The normalized spacial score (nSPS) is 21.4. The van der Waals surface area contributed by atoms with Gasteiger partial charge in [0.2, 0.25) is 0 Å². The van der Waals surface area contributed by atoms with Gasteiger partial charge in [0.15, 0.2) is 5.78 Å². The molecule has 108 valence electrons. The maximum absolute atomic E-state index is 12.1. The van der Waals surface area contributed by atoms with Crippen molar-refractivity contribution in [3.05, 3.63) is 41.1 Å². The smallest absolute Gasteiger partial charge is 0.513 e. The Hall–Kier alpha value is -1.69. The third-order valence-electron chi connectivity index (χ3n) is 3.00. The zero-order valence-electron chi connectivity index (χ0n) is 10.1. The van der Waals surface area contributed by atoms with Crippen LogP contribution in [0, 0.1) is 11.8 Å². The van der Waals surface area contributed by atoms with Gasteiger partial charge in [-0.1, -0.05) is 18.2 Å². The van der Waals surface area contributed by atoms with Crippen molar-refractivity contribution < 1.29 is 27.8 Å². The van der Waals surface area contributed by atoms with Crippen molar-refractivity contribution in [2.24, 2.45) is 11.8 Å². The van der Waals surface area contributed by atoms with E-state index in [2.05, 4.69) is 11.3 Å². The quantitative estimate of drug-likeness (QED) is 0.672. The topological polar surface area (TPSA) is 46.5 Å². The maximum Gasteiger partial charge on any atom is 0.573 e. The second kappa shape index (κ2) is 5.01. The highest BCUT2D eigenvalue weighted by atomic mass is 35.5. The van der Waals surface area contributed by atoms with Crippen LogP contribution in [0.5, 0.6) is 5.75 Å². The van der Waals surface area contributed by atoms with Crippen molar-refractivity contribution >= 4 is 17.4 Å². The molecule has 1 aromatic carbocycles. The molecule has 1 aliphatic rings. The van der Waals surface area contributed by atoms with Crippen LogP contribution in [0.15, 0.2) is 30.5 Å². The van der Waals surface area contributed by atoms with Gasteiger partial charge < -0.3 is 9.84 Å². The minimum absolute atomic E-state index is 0.0635. The lowest BCUT2D eigenvalue weighted by Crippen LogP contribution is -2.17. The van der Waals surface area contributed by atoms with Gasteiger partial charge >= 0.3 is 6.36 Å². The number of aliphatic hydroxyl groups excluding tert-OH is 1. The van der Waals surface area contributed by atoms with Crippen molar-refractivity contribution in [3.8, 4) is 5.75 Å². The molecule has 1 aromatic rings. The first kappa shape index (κ1) is 14.7. The van der Waals surface area contributed by atoms with Gasteiger partial charge in [0.05, 0.1) is 10.8 Å². The first-order valence-corrected chi connectivity index (χ1v) is 6.04. The molecule has 2 atom stereocenters. The number of ketones is 1. The average molecular weight is 307 g/mol. The molecular formula is C13H10ClF3O3. The lowest BCUT2D eigenvalue weighted by atomic mass is 10.1. The number of aliphatic hydroxyl groups is 1. The predicted molar refractivity (Wildman–Crippen MR) is 65.8 cm³/mol. The van der Waals surface area contributed by atoms with Crippen LogP contribution in [0.3, 0.4) is 0 Å². The fourth-order valence-corrected chi connectivity index (χ4v) is 2.15. The van der Waals surface area contributed by atoms with Crippen molar-refractivity contribution in [1.82, 2.24) is 0 Å². The van der Waals surface area contributed by atoms with Crippen LogP contribution in [0.25, 0.3) is 0 Å². The van der Waals surface area contributed by atoms with Gasteiger partial charge in [-0.2, -0.15) is 0 Å². The highest BCUT2D eigenvalue weighted by molar-refractivity contribution is 6.32. The van der Waals surface area contributed by atoms with Crippen LogP contribution in [-0.4, -0.2) is 17.3 Å². The third kappa shape index (κ3) is 3.25. The minimum Gasteiger partial charge on any atom is -0.513 e. The number of rotatable bonds is 4. The van der Waals surface area contributed by atoms with Gasteiger partial charge in [0, 0.05) is 17.4 Å². The predicted octanol–water partition coefficient (Wildman–Crippen LogP) is 4.13. The van der Waals surface area contributed by atoms with E-state index in [0.717, 1.165) is 12.1 Å². The summed E-state index contributed by atoms with van der Waals surface area (Å²) >= 11 is 5.66. The summed E-state index contributed by atoms with van der Waals surface area (Å²) in [5.74, 6) is -1.59. The van der Waals surface area contributed by atoms with E-state index in [0.29, 0.717) is 6.42 Å². The van der Waals surface area contributed by atoms with Gasteiger partial charge in [-0.25, -0.2) is 0 Å². The van der Waals surface area contributed by atoms with Crippen LogP contribution >= 0.6 is 11.6 Å².